The highest BCUT2D eigenvalue weighted by molar-refractivity contribution is 7.11. The number of hydrogen-bond acceptors (Lipinski definition) is 6. The number of thiazole rings is 1. The fourth-order valence-corrected chi connectivity index (χ4v) is 3.81. The number of halogens is 1. The van der Waals surface area contributed by atoms with Crippen LogP contribution in [-0.2, 0) is 4.79 Å². The number of aromatic hydroxyl groups is 2. The number of benzene rings is 2. The first-order valence-corrected chi connectivity index (χ1v) is 9.03. The average molecular weight is 416 g/mol. The highest BCUT2D eigenvalue weighted by Gasteiger charge is 2.27. The summed E-state index contributed by atoms with van der Waals surface area (Å²) in [6, 6.07) is 10.4. The van der Waals surface area contributed by atoms with Crippen LogP contribution in [0.1, 0.15) is 15.2 Å². The summed E-state index contributed by atoms with van der Waals surface area (Å²) in [5.41, 5.74) is 2.15. The van der Waals surface area contributed by atoms with Crippen molar-refractivity contribution in [2.75, 3.05) is 5.43 Å². The molecule has 4 rings (SSSR count). The molecule has 1 aliphatic heterocycles. The summed E-state index contributed by atoms with van der Waals surface area (Å²) in [5.74, 6) is -2.35. The van der Waals surface area contributed by atoms with Gasteiger partial charge in [-0.25, -0.2) is 4.99 Å². The minimum absolute atomic E-state index is 0.0210. The number of amides is 2. The Morgan fingerprint density at radius 3 is 2.64 bits per heavy atom. The molecular weight excluding hydrogens is 406 g/mol. The molecule has 2 amide bonds. The molecule has 0 bridgehead atoms. The van der Waals surface area contributed by atoms with Gasteiger partial charge in [-0.2, -0.15) is 4.68 Å². The van der Waals surface area contributed by atoms with E-state index in [1.807, 2.05) is 0 Å². The Hall–Kier alpha value is -3.43. The van der Waals surface area contributed by atoms with E-state index in [0.717, 1.165) is 0 Å². The number of phenolic OH excluding ortho intramolecular Hbond substituents is 1. The minimum atomic E-state index is -0.810. The van der Waals surface area contributed by atoms with Gasteiger partial charge in [-0.05, 0) is 30.3 Å². The van der Waals surface area contributed by atoms with Gasteiger partial charge in [0.25, 0.3) is 11.8 Å². The van der Waals surface area contributed by atoms with Crippen molar-refractivity contribution in [2.45, 2.75) is 0 Å². The average Bonchev–Trinajstić information content (AvgIpc) is 3.11. The SMILES string of the molecule is O=C1N=c2ccc(Cl)cc2=C1c1sc(=O)n(NC(=O)c2ccccc2O)c1O. The first-order chi connectivity index (χ1) is 13.4. The molecule has 2 heterocycles. The predicted molar refractivity (Wildman–Crippen MR) is 102 cm³/mol. The molecule has 0 spiro atoms. The van der Waals surface area contributed by atoms with Crippen LogP contribution in [0.15, 0.2) is 52.3 Å². The molecule has 0 aliphatic carbocycles. The highest BCUT2D eigenvalue weighted by Crippen LogP contribution is 2.28. The third-order valence-electron chi connectivity index (χ3n) is 4.04. The fraction of sp³-hybridized carbons (Fsp3) is 0. The van der Waals surface area contributed by atoms with E-state index in [1.54, 1.807) is 12.1 Å². The number of aromatic nitrogens is 1. The van der Waals surface area contributed by atoms with Crippen molar-refractivity contribution in [1.29, 1.82) is 0 Å². The summed E-state index contributed by atoms with van der Waals surface area (Å²) in [5, 5.41) is 21.4. The van der Waals surface area contributed by atoms with E-state index in [2.05, 4.69) is 10.4 Å². The number of carbonyl (C=O) groups is 2. The van der Waals surface area contributed by atoms with Crippen molar-refractivity contribution < 1.29 is 19.8 Å². The van der Waals surface area contributed by atoms with Gasteiger partial charge in [-0.3, -0.25) is 19.8 Å². The first-order valence-electron chi connectivity index (χ1n) is 7.84. The molecule has 0 atom stereocenters. The molecule has 0 saturated carbocycles. The summed E-state index contributed by atoms with van der Waals surface area (Å²) in [7, 11) is 0. The van der Waals surface area contributed by atoms with Crippen LogP contribution in [-0.4, -0.2) is 26.7 Å². The number of fused-ring (bicyclic) bond motifs is 1. The van der Waals surface area contributed by atoms with Crippen molar-refractivity contribution >= 4 is 40.3 Å². The summed E-state index contributed by atoms with van der Waals surface area (Å²) < 4.78 is 0.609. The summed E-state index contributed by atoms with van der Waals surface area (Å²) in [4.78, 5) is 40.1. The predicted octanol–water partition coefficient (Wildman–Crippen LogP) is 0.717. The zero-order chi connectivity index (χ0) is 20.0. The summed E-state index contributed by atoms with van der Waals surface area (Å²) in [6.45, 7) is 0. The van der Waals surface area contributed by atoms with Gasteiger partial charge in [0.1, 0.15) is 10.6 Å². The third kappa shape index (κ3) is 2.86. The van der Waals surface area contributed by atoms with Crippen LogP contribution in [0, 0.1) is 0 Å². The molecule has 0 fully saturated rings. The Morgan fingerprint density at radius 1 is 1.14 bits per heavy atom. The second-order valence-corrected chi connectivity index (χ2v) is 7.17. The monoisotopic (exact) mass is 415 g/mol. The largest absolute Gasteiger partial charge is 0.507 e. The molecule has 3 aromatic rings. The molecule has 0 saturated heterocycles. The molecule has 0 radical (unpaired) electrons. The number of carbonyl (C=O) groups excluding carboxylic acids is 2. The maximum atomic E-state index is 12.3. The van der Waals surface area contributed by atoms with Crippen LogP contribution in [0.4, 0.5) is 0 Å². The van der Waals surface area contributed by atoms with Gasteiger partial charge < -0.3 is 10.2 Å². The maximum Gasteiger partial charge on any atom is 0.329 e. The fourth-order valence-electron chi connectivity index (χ4n) is 2.76. The van der Waals surface area contributed by atoms with Crippen LogP contribution < -0.4 is 20.9 Å². The van der Waals surface area contributed by atoms with Crippen LogP contribution >= 0.6 is 22.9 Å². The van der Waals surface area contributed by atoms with Crippen molar-refractivity contribution in [1.82, 2.24) is 4.68 Å². The number of hydrogen-bond donors (Lipinski definition) is 3. The van der Waals surface area contributed by atoms with Crippen LogP contribution in [0.25, 0.3) is 5.57 Å². The molecule has 10 heteroatoms. The molecule has 8 nitrogen and oxygen atoms in total. The second-order valence-electron chi connectivity index (χ2n) is 5.77. The van der Waals surface area contributed by atoms with Gasteiger partial charge in [0.15, 0.2) is 0 Å². The van der Waals surface area contributed by atoms with Crippen LogP contribution in [0.5, 0.6) is 11.6 Å². The molecule has 1 aromatic heterocycles. The first kappa shape index (κ1) is 18.0. The number of nitrogens with one attached hydrogen (secondary N) is 1. The smallest absolute Gasteiger partial charge is 0.329 e. The Labute approximate surface area is 165 Å². The molecule has 2 aromatic carbocycles. The van der Waals surface area contributed by atoms with Crippen LogP contribution in [0.2, 0.25) is 5.02 Å². The topological polar surface area (TPSA) is 121 Å². The van der Waals surface area contributed by atoms with Crippen molar-refractivity contribution in [3.8, 4) is 11.6 Å². The number of rotatable bonds is 3. The molecule has 140 valence electrons. The molecule has 28 heavy (non-hydrogen) atoms. The van der Waals surface area contributed by atoms with E-state index in [1.165, 1.54) is 30.3 Å². The van der Waals surface area contributed by atoms with Crippen molar-refractivity contribution in [3.05, 3.63) is 78.2 Å². The van der Waals surface area contributed by atoms with Crippen LogP contribution in [0.3, 0.4) is 0 Å². The lowest BCUT2D eigenvalue weighted by molar-refractivity contribution is -0.112. The second kappa shape index (κ2) is 6.63. The molecular formula is C18H10ClN3O5S. The van der Waals surface area contributed by atoms with Gasteiger partial charge in [0.2, 0.25) is 5.88 Å². The molecule has 1 aliphatic rings. The summed E-state index contributed by atoms with van der Waals surface area (Å²) in [6.07, 6.45) is 0. The van der Waals surface area contributed by atoms with Crippen molar-refractivity contribution in [2.24, 2.45) is 4.99 Å². The Bertz CT molecular complexity index is 1340. The van der Waals surface area contributed by atoms with Gasteiger partial charge in [-0.1, -0.05) is 35.1 Å². The van der Waals surface area contributed by atoms with Gasteiger partial charge in [-0.15, -0.1) is 0 Å². The van der Waals surface area contributed by atoms with E-state index < -0.39 is 22.6 Å². The number of phenols is 1. The van der Waals surface area contributed by atoms with E-state index in [4.69, 9.17) is 11.6 Å². The Morgan fingerprint density at radius 2 is 1.89 bits per heavy atom. The van der Waals surface area contributed by atoms with Gasteiger partial charge in [0, 0.05) is 10.2 Å². The lowest BCUT2D eigenvalue weighted by Crippen LogP contribution is -2.29. The van der Waals surface area contributed by atoms with E-state index >= 15 is 0 Å². The number of nitrogens with zero attached hydrogens (tertiary/aromatic N) is 2. The maximum absolute atomic E-state index is 12.3. The normalized spacial score (nSPS) is 12.6. The standard InChI is InChI=1S/C18H10ClN3O5S/c19-8-5-6-11-10(7-8)13(16(25)20-11)14-17(26)22(18(27)28-14)21-15(24)9-3-1-2-4-12(9)23/h1-7,23,26H,(H,21,24). The van der Waals surface area contributed by atoms with E-state index in [9.17, 15) is 24.6 Å². The molecule has 0 unspecified atom stereocenters. The number of para-hydroxylation sites is 1. The summed E-state index contributed by atoms with van der Waals surface area (Å²) >= 11 is 6.55. The zero-order valence-corrected chi connectivity index (χ0v) is 15.4. The highest BCUT2D eigenvalue weighted by atomic mass is 35.5. The van der Waals surface area contributed by atoms with Crippen molar-refractivity contribution in [3.63, 3.8) is 0 Å². The quantitative estimate of drug-likeness (QED) is 0.582. The Balaban J connectivity index is 1.82. The minimum Gasteiger partial charge on any atom is -0.507 e. The van der Waals surface area contributed by atoms with E-state index in [0.29, 0.717) is 31.6 Å². The zero-order valence-electron chi connectivity index (χ0n) is 13.8. The van der Waals surface area contributed by atoms with Gasteiger partial charge >= 0.3 is 4.87 Å². The van der Waals surface area contributed by atoms with E-state index in [-0.39, 0.29) is 21.8 Å². The lowest BCUT2D eigenvalue weighted by Gasteiger charge is -2.08. The van der Waals surface area contributed by atoms with Gasteiger partial charge in [0.05, 0.1) is 16.5 Å². The molecule has 3 N–H and O–H groups in total. The third-order valence-corrected chi connectivity index (χ3v) is 5.22. The lowest BCUT2D eigenvalue weighted by atomic mass is 10.1. The Kier molecular flexibility index (Phi) is 4.25.